The molecule has 0 bridgehead atoms. The number of nitrogens with zero attached hydrogens (tertiary/aromatic N) is 2. The van der Waals surface area contributed by atoms with Gasteiger partial charge in [0, 0.05) is 12.1 Å². The maximum atomic E-state index is 13.5. The smallest absolute Gasteiger partial charge is 0.264 e. The molecule has 2 N–H and O–H groups in total. The number of anilines is 1. The van der Waals surface area contributed by atoms with Gasteiger partial charge in [-0.25, -0.2) is 13.2 Å². The fourth-order valence-electron chi connectivity index (χ4n) is 1.77. The number of carbonyl (C=O) groups excluding carboxylic acids is 1. The van der Waals surface area contributed by atoms with Crippen molar-refractivity contribution >= 4 is 11.9 Å². The second-order valence-electron chi connectivity index (χ2n) is 4.22. The largest absolute Gasteiger partial charge is 0.472 e. The summed E-state index contributed by atoms with van der Waals surface area (Å²) in [6, 6.07) is 2.42. The Hall–Kier alpha value is -3.10. The zero-order valence-electron chi connectivity index (χ0n) is 10.7. The van der Waals surface area contributed by atoms with Crippen LogP contribution in [0.4, 0.5) is 19.1 Å². The van der Waals surface area contributed by atoms with Crippen molar-refractivity contribution in [2.24, 2.45) is 0 Å². The van der Waals surface area contributed by atoms with Crippen LogP contribution in [0.5, 0.6) is 0 Å². The van der Waals surface area contributed by atoms with Crippen molar-refractivity contribution in [3.8, 4) is 11.4 Å². The summed E-state index contributed by atoms with van der Waals surface area (Å²) >= 11 is 0. The molecule has 0 aliphatic rings. The summed E-state index contributed by atoms with van der Waals surface area (Å²) in [5.74, 6) is -4.78. The summed E-state index contributed by atoms with van der Waals surface area (Å²) in [6.07, 6.45) is 2.81. The van der Waals surface area contributed by atoms with Gasteiger partial charge in [-0.2, -0.15) is 4.98 Å². The van der Waals surface area contributed by atoms with Crippen LogP contribution in [-0.4, -0.2) is 21.1 Å². The van der Waals surface area contributed by atoms with Crippen molar-refractivity contribution < 1.29 is 22.4 Å². The Morgan fingerprint density at radius 1 is 1.23 bits per heavy atom. The molecule has 0 aliphatic carbocycles. The molecule has 1 amide bonds. The summed E-state index contributed by atoms with van der Waals surface area (Å²) in [7, 11) is 0. The number of carbonyl (C=O) groups is 1. The molecule has 0 aliphatic heterocycles. The summed E-state index contributed by atoms with van der Waals surface area (Å²) in [4.78, 5) is 15.8. The van der Waals surface area contributed by atoms with Crippen LogP contribution in [0.25, 0.3) is 11.4 Å². The van der Waals surface area contributed by atoms with E-state index in [1.807, 2.05) is 0 Å². The lowest BCUT2D eigenvalue weighted by Gasteiger charge is -2.04. The topological polar surface area (TPSA) is 83.8 Å². The minimum Gasteiger partial charge on any atom is -0.472 e. The zero-order chi connectivity index (χ0) is 15.7. The van der Waals surface area contributed by atoms with Gasteiger partial charge in [0.1, 0.15) is 29.3 Å². The Balaban J connectivity index is 1.83. The number of furan rings is 1. The van der Waals surface area contributed by atoms with Gasteiger partial charge in [-0.1, -0.05) is 0 Å². The lowest BCUT2D eigenvalue weighted by Crippen LogP contribution is -2.17. The summed E-state index contributed by atoms with van der Waals surface area (Å²) in [5.41, 5.74) is -0.344. The van der Waals surface area contributed by atoms with Crippen LogP contribution in [0.3, 0.4) is 0 Å². The second kappa shape index (κ2) is 5.35. The highest BCUT2D eigenvalue weighted by molar-refractivity contribution is 6.03. The fraction of sp³-hybridized carbons (Fsp3) is 0. The molecule has 6 nitrogen and oxygen atoms in total. The fourth-order valence-corrected chi connectivity index (χ4v) is 1.77. The van der Waals surface area contributed by atoms with Gasteiger partial charge >= 0.3 is 0 Å². The molecule has 22 heavy (non-hydrogen) atoms. The number of H-pyrrole nitrogens is 1. The van der Waals surface area contributed by atoms with E-state index in [1.165, 1.54) is 12.5 Å². The lowest BCUT2D eigenvalue weighted by molar-refractivity contribution is 0.101. The van der Waals surface area contributed by atoms with E-state index in [0.717, 1.165) is 0 Å². The predicted octanol–water partition coefficient (Wildman–Crippen LogP) is 2.73. The molecular formula is C13H7F3N4O2. The molecule has 3 aromatic rings. The Morgan fingerprint density at radius 2 is 1.95 bits per heavy atom. The average Bonchev–Trinajstić information content (AvgIpc) is 3.07. The molecule has 0 fully saturated rings. The molecule has 3 rings (SSSR count). The SMILES string of the molecule is O=C(Nc1n[nH]c(-c2ccoc2)n1)c1c(F)cc(F)cc1F. The second-order valence-corrected chi connectivity index (χ2v) is 4.22. The first-order valence-corrected chi connectivity index (χ1v) is 5.95. The van der Waals surface area contributed by atoms with Gasteiger partial charge in [0.15, 0.2) is 5.82 Å². The van der Waals surface area contributed by atoms with E-state index in [4.69, 9.17) is 4.42 Å². The molecule has 0 saturated heterocycles. The molecule has 1 aromatic carbocycles. The van der Waals surface area contributed by atoms with Crippen LogP contribution in [0.15, 0.2) is 35.1 Å². The highest BCUT2D eigenvalue weighted by atomic mass is 19.1. The van der Waals surface area contributed by atoms with E-state index in [-0.39, 0.29) is 5.95 Å². The number of nitrogens with one attached hydrogen (secondary N) is 2. The van der Waals surface area contributed by atoms with Gasteiger partial charge in [0.05, 0.1) is 11.8 Å². The van der Waals surface area contributed by atoms with Gasteiger partial charge in [0.25, 0.3) is 5.91 Å². The standard InChI is InChI=1S/C13H7F3N4O2/c14-7-3-8(15)10(9(16)4-7)12(21)18-13-17-11(19-20-13)6-1-2-22-5-6/h1-5H,(H2,17,18,19,20,21). The monoisotopic (exact) mass is 308 g/mol. The third-order valence-corrected chi connectivity index (χ3v) is 2.74. The summed E-state index contributed by atoms with van der Waals surface area (Å²) < 4.78 is 44.7. The van der Waals surface area contributed by atoms with E-state index < -0.39 is 28.9 Å². The third-order valence-electron chi connectivity index (χ3n) is 2.74. The highest BCUT2D eigenvalue weighted by Gasteiger charge is 2.20. The van der Waals surface area contributed by atoms with Crippen LogP contribution in [-0.2, 0) is 0 Å². The zero-order valence-corrected chi connectivity index (χ0v) is 10.7. The molecule has 2 heterocycles. The van der Waals surface area contributed by atoms with Crippen LogP contribution in [0, 0.1) is 17.5 Å². The molecule has 2 aromatic heterocycles. The first-order chi connectivity index (χ1) is 10.5. The van der Waals surface area contributed by atoms with E-state index >= 15 is 0 Å². The summed E-state index contributed by atoms with van der Waals surface area (Å²) in [5, 5.41) is 8.32. The minimum atomic E-state index is -1.32. The van der Waals surface area contributed by atoms with Crippen LogP contribution in [0.2, 0.25) is 0 Å². The number of halogens is 3. The van der Waals surface area contributed by atoms with Crippen molar-refractivity contribution in [3.05, 3.63) is 53.7 Å². The number of amides is 1. The molecule has 112 valence electrons. The molecule has 9 heteroatoms. The quantitative estimate of drug-likeness (QED) is 0.779. The normalized spacial score (nSPS) is 10.7. The number of aromatic nitrogens is 3. The average molecular weight is 308 g/mol. The van der Waals surface area contributed by atoms with E-state index in [2.05, 4.69) is 20.5 Å². The molecule has 0 atom stereocenters. The molecule has 0 saturated carbocycles. The maximum Gasteiger partial charge on any atom is 0.264 e. The van der Waals surface area contributed by atoms with Crippen molar-refractivity contribution in [3.63, 3.8) is 0 Å². The number of benzene rings is 1. The van der Waals surface area contributed by atoms with Crippen LogP contribution >= 0.6 is 0 Å². The number of hydrogen-bond donors (Lipinski definition) is 2. The summed E-state index contributed by atoms with van der Waals surface area (Å²) in [6.45, 7) is 0. The molecule has 0 radical (unpaired) electrons. The number of rotatable bonds is 3. The van der Waals surface area contributed by atoms with Crippen LogP contribution < -0.4 is 5.32 Å². The van der Waals surface area contributed by atoms with Crippen molar-refractivity contribution in [2.45, 2.75) is 0 Å². The Morgan fingerprint density at radius 3 is 2.59 bits per heavy atom. The van der Waals surface area contributed by atoms with E-state index in [1.54, 1.807) is 6.07 Å². The number of aromatic amines is 1. The van der Waals surface area contributed by atoms with Gasteiger partial charge in [-0.05, 0) is 6.07 Å². The van der Waals surface area contributed by atoms with Gasteiger partial charge < -0.3 is 4.42 Å². The Kier molecular flexibility index (Phi) is 3.37. The highest BCUT2D eigenvalue weighted by Crippen LogP contribution is 2.18. The Bertz CT molecular complexity index is 807. The Labute approximate surface area is 121 Å². The predicted molar refractivity (Wildman–Crippen MR) is 68.4 cm³/mol. The van der Waals surface area contributed by atoms with Gasteiger partial charge in [-0.3, -0.25) is 15.2 Å². The van der Waals surface area contributed by atoms with Crippen molar-refractivity contribution in [1.82, 2.24) is 15.2 Å². The van der Waals surface area contributed by atoms with Gasteiger partial charge in [0.2, 0.25) is 5.95 Å². The van der Waals surface area contributed by atoms with Crippen LogP contribution in [0.1, 0.15) is 10.4 Å². The molecular weight excluding hydrogens is 301 g/mol. The number of hydrogen-bond acceptors (Lipinski definition) is 4. The van der Waals surface area contributed by atoms with Gasteiger partial charge in [-0.15, -0.1) is 5.10 Å². The maximum absolute atomic E-state index is 13.5. The van der Waals surface area contributed by atoms with Crippen molar-refractivity contribution in [1.29, 1.82) is 0 Å². The van der Waals surface area contributed by atoms with E-state index in [0.29, 0.717) is 23.5 Å². The van der Waals surface area contributed by atoms with Crippen molar-refractivity contribution in [2.75, 3.05) is 5.32 Å². The first kappa shape index (κ1) is 13.9. The minimum absolute atomic E-state index is 0.190. The molecule has 0 spiro atoms. The lowest BCUT2D eigenvalue weighted by atomic mass is 10.2. The first-order valence-electron chi connectivity index (χ1n) is 5.95. The third kappa shape index (κ3) is 2.55. The van der Waals surface area contributed by atoms with E-state index in [9.17, 15) is 18.0 Å². The molecule has 0 unspecified atom stereocenters.